The minimum Gasteiger partial charge on any atom is -0.494 e. The van der Waals surface area contributed by atoms with E-state index in [1.165, 1.54) is 5.56 Å². The normalized spacial score (nSPS) is 10.3. The van der Waals surface area contributed by atoms with Crippen LogP contribution >= 0.6 is 11.9 Å². The average Bonchev–Trinajstić information content (AvgIpc) is 2.26. The van der Waals surface area contributed by atoms with Crippen LogP contribution in [-0.2, 0) is 4.29 Å². The fraction of sp³-hybridized carbons (Fsp3) is 0.500. The molecule has 2 nitrogen and oxygen atoms in total. The smallest absolute Gasteiger partial charge is 0.119 e. The van der Waals surface area contributed by atoms with E-state index >= 15 is 0 Å². The maximum Gasteiger partial charge on any atom is 0.119 e. The third-order valence-corrected chi connectivity index (χ3v) is 2.31. The summed E-state index contributed by atoms with van der Waals surface area (Å²) in [4.78, 5) is 0. The zero-order chi connectivity index (χ0) is 10.9. The first-order valence-electron chi connectivity index (χ1n) is 5.26. The van der Waals surface area contributed by atoms with Gasteiger partial charge < -0.3 is 4.74 Å². The summed E-state index contributed by atoms with van der Waals surface area (Å²) in [5, 5.41) is 0. The summed E-state index contributed by atoms with van der Waals surface area (Å²) < 4.78 is 10.0. The Bertz CT molecular complexity index is 259. The van der Waals surface area contributed by atoms with Crippen LogP contribution in [0.1, 0.15) is 24.8 Å². The van der Waals surface area contributed by atoms with Gasteiger partial charge in [-0.05, 0) is 38.3 Å². The quantitative estimate of drug-likeness (QED) is 0.663. The molecule has 0 unspecified atom stereocenters. The van der Waals surface area contributed by atoms with Gasteiger partial charge in [-0.3, -0.25) is 4.29 Å². The molecule has 0 radical (unpaired) electrons. The lowest BCUT2D eigenvalue weighted by atomic mass is 10.2. The lowest BCUT2D eigenvalue weighted by molar-refractivity contribution is 0.289. The second-order valence-electron chi connectivity index (χ2n) is 3.54. The zero-order valence-corrected chi connectivity index (χ0v) is 9.80. The molecule has 1 rings (SSSR count). The van der Waals surface area contributed by atoms with Crippen LogP contribution in [0.2, 0.25) is 0 Å². The van der Waals surface area contributed by atoms with Crippen LogP contribution in [0.4, 0.5) is 0 Å². The van der Waals surface area contributed by atoms with Crippen molar-refractivity contribution in [2.24, 2.45) is 0 Å². The van der Waals surface area contributed by atoms with E-state index in [-0.39, 0.29) is 0 Å². The minimum atomic E-state index is 0.617. The Labute approximate surface area is 96.3 Å². The van der Waals surface area contributed by atoms with Gasteiger partial charge in [0, 0.05) is 0 Å². The molecule has 0 fully saturated rings. The standard InChI is InChI=1S/C12H17ClO2/c1-11-5-7-12(8-6-11)14-9-3-2-4-10-15-13/h5-8H,2-4,9-10H2,1H3. The second kappa shape index (κ2) is 7.55. The molecule has 0 aliphatic carbocycles. The molecule has 0 saturated heterocycles. The zero-order valence-electron chi connectivity index (χ0n) is 9.04. The Morgan fingerprint density at radius 2 is 1.67 bits per heavy atom. The number of aryl methyl sites for hydroxylation is 1. The number of hydrogen-bond acceptors (Lipinski definition) is 2. The maximum atomic E-state index is 5.57. The molecule has 0 aliphatic rings. The molecule has 0 saturated carbocycles. The van der Waals surface area contributed by atoms with Gasteiger partial charge in [0.25, 0.3) is 0 Å². The molecule has 0 N–H and O–H groups in total. The Morgan fingerprint density at radius 1 is 1.00 bits per heavy atom. The lowest BCUT2D eigenvalue weighted by Gasteiger charge is -2.05. The highest BCUT2D eigenvalue weighted by Crippen LogP contribution is 2.11. The first kappa shape index (κ1) is 12.3. The van der Waals surface area contributed by atoms with Gasteiger partial charge in [-0.1, -0.05) is 17.7 Å². The van der Waals surface area contributed by atoms with E-state index in [9.17, 15) is 0 Å². The van der Waals surface area contributed by atoms with Crippen molar-refractivity contribution in [2.75, 3.05) is 13.2 Å². The highest BCUT2D eigenvalue weighted by molar-refractivity contribution is 6.07. The summed E-state index contributed by atoms with van der Waals surface area (Å²) in [5.74, 6) is 0.939. The third-order valence-electron chi connectivity index (χ3n) is 2.16. The van der Waals surface area contributed by atoms with Gasteiger partial charge in [0.15, 0.2) is 0 Å². The molecule has 0 aliphatic heterocycles. The van der Waals surface area contributed by atoms with E-state index in [1.807, 2.05) is 12.1 Å². The van der Waals surface area contributed by atoms with Crippen LogP contribution in [0.25, 0.3) is 0 Å². The summed E-state index contributed by atoms with van der Waals surface area (Å²) >= 11 is 5.09. The molecule has 1 aromatic carbocycles. The fourth-order valence-electron chi connectivity index (χ4n) is 1.26. The highest BCUT2D eigenvalue weighted by atomic mass is 35.5. The SMILES string of the molecule is Cc1ccc(OCCCCCOCl)cc1. The second-order valence-corrected chi connectivity index (χ2v) is 3.75. The maximum absolute atomic E-state index is 5.57. The van der Waals surface area contributed by atoms with Gasteiger partial charge in [0.2, 0.25) is 0 Å². The van der Waals surface area contributed by atoms with E-state index in [4.69, 9.17) is 16.6 Å². The molecule has 0 bridgehead atoms. The fourth-order valence-corrected chi connectivity index (χ4v) is 1.37. The molecule has 0 amide bonds. The predicted molar refractivity (Wildman–Crippen MR) is 62.3 cm³/mol. The topological polar surface area (TPSA) is 18.5 Å². The summed E-state index contributed by atoms with van der Waals surface area (Å²) in [6.45, 7) is 3.44. The van der Waals surface area contributed by atoms with Gasteiger partial charge in [0.1, 0.15) is 5.75 Å². The van der Waals surface area contributed by atoms with Crippen molar-refractivity contribution in [1.29, 1.82) is 0 Å². The summed E-state index contributed by atoms with van der Waals surface area (Å²) in [6.07, 6.45) is 3.10. The van der Waals surface area contributed by atoms with E-state index in [0.29, 0.717) is 6.61 Å². The van der Waals surface area contributed by atoms with Crippen LogP contribution in [-0.4, -0.2) is 13.2 Å². The molecule has 0 heterocycles. The number of unbranched alkanes of at least 4 members (excludes halogenated alkanes) is 2. The Balaban J connectivity index is 2.07. The van der Waals surface area contributed by atoms with E-state index < -0.39 is 0 Å². The molecule has 3 heteroatoms. The molecule has 1 aromatic rings. The largest absolute Gasteiger partial charge is 0.494 e. The first-order valence-corrected chi connectivity index (χ1v) is 5.57. The van der Waals surface area contributed by atoms with Crippen molar-refractivity contribution < 1.29 is 9.03 Å². The number of hydrogen-bond donors (Lipinski definition) is 0. The monoisotopic (exact) mass is 228 g/mol. The molecule has 15 heavy (non-hydrogen) atoms. The number of halogens is 1. The molecule has 0 aromatic heterocycles. The number of ether oxygens (including phenoxy) is 1. The summed E-state index contributed by atoms with van der Waals surface area (Å²) in [7, 11) is 0. The van der Waals surface area contributed by atoms with Gasteiger partial charge in [0.05, 0.1) is 25.1 Å². The molecule has 0 atom stereocenters. The Morgan fingerprint density at radius 3 is 2.33 bits per heavy atom. The molecule has 0 spiro atoms. The highest BCUT2D eigenvalue weighted by Gasteiger charge is 1.93. The van der Waals surface area contributed by atoms with Crippen molar-refractivity contribution in [3.05, 3.63) is 29.8 Å². The third kappa shape index (κ3) is 5.65. The van der Waals surface area contributed by atoms with Crippen molar-refractivity contribution in [3.63, 3.8) is 0 Å². The van der Waals surface area contributed by atoms with E-state index in [1.54, 1.807) is 0 Å². The molecule has 84 valence electrons. The van der Waals surface area contributed by atoms with Crippen LogP contribution in [0.3, 0.4) is 0 Å². The van der Waals surface area contributed by atoms with Crippen molar-refractivity contribution in [1.82, 2.24) is 0 Å². The van der Waals surface area contributed by atoms with E-state index in [2.05, 4.69) is 23.3 Å². The van der Waals surface area contributed by atoms with Crippen LogP contribution in [0, 0.1) is 6.92 Å². The number of rotatable bonds is 7. The average molecular weight is 229 g/mol. The van der Waals surface area contributed by atoms with Crippen LogP contribution < -0.4 is 4.74 Å². The van der Waals surface area contributed by atoms with Gasteiger partial charge >= 0.3 is 0 Å². The predicted octanol–water partition coefficient (Wildman–Crippen LogP) is 3.71. The lowest BCUT2D eigenvalue weighted by Crippen LogP contribution is -1.97. The van der Waals surface area contributed by atoms with Crippen LogP contribution in [0.5, 0.6) is 5.75 Å². The Kier molecular flexibility index (Phi) is 6.21. The van der Waals surface area contributed by atoms with Gasteiger partial charge in [-0.2, -0.15) is 0 Å². The van der Waals surface area contributed by atoms with Crippen LogP contribution in [0.15, 0.2) is 24.3 Å². The van der Waals surface area contributed by atoms with Gasteiger partial charge in [-0.15, -0.1) is 0 Å². The first-order chi connectivity index (χ1) is 7.33. The Hall–Kier alpha value is -0.730. The molecular weight excluding hydrogens is 212 g/mol. The summed E-state index contributed by atoms with van der Waals surface area (Å²) in [5.41, 5.74) is 1.25. The summed E-state index contributed by atoms with van der Waals surface area (Å²) in [6, 6.07) is 8.10. The van der Waals surface area contributed by atoms with Gasteiger partial charge in [-0.25, -0.2) is 0 Å². The number of benzene rings is 1. The van der Waals surface area contributed by atoms with Crippen molar-refractivity contribution >= 4 is 11.9 Å². The minimum absolute atomic E-state index is 0.617. The van der Waals surface area contributed by atoms with Crippen molar-refractivity contribution in [3.8, 4) is 5.75 Å². The molecular formula is C12H17ClO2. The van der Waals surface area contributed by atoms with E-state index in [0.717, 1.165) is 31.6 Å². The van der Waals surface area contributed by atoms with Crippen molar-refractivity contribution in [2.45, 2.75) is 26.2 Å².